The van der Waals surface area contributed by atoms with Gasteiger partial charge in [-0.3, -0.25) is 9.69 Å². The zero-order chi connectivity index (χ0) is 14.4. The molecular weight excluding hydrogens is 250 g/mol. The average Bonchev–Trinajstić information content (AvgIpc) is 2.67. The molecule has 0 aromatic heterocycles. The molecule has 116 valence electrons. The van der Waals surface area contributed by atoms with Gasteiger partial charge in [-0.1, -0.05) is 44.9 Å². The molecule has 0 heterocycles. The van der Waals surface area contributed by atoms with Crippen LogP contribution in [0.4, 0.5) is 0 Å². The molecule has 0 amide bonds. The Morgan fingerprint density at radius 1 is 1.05 bits per heavy atom. The van der Waals surface area contributed by atoms with Crippen molar-refractivity contribution in [1.29, 1.82) is 0 Å². The van der Waals surface area contributed by atoms with E-state index in [0.29, 0.717) is 6.42 Å². The maximum Gasteiger partial charge on any atom is 0.305 e. The summed E-state index contributed by atoms with van der Waals surface area (Å²) in [6, 6.07) is 0. The molecule has 2 fully saturated rings. The molecule has 0 unspecified atom stereocenters. The van der Waals surface area contributed by atoms with Crippen LogP contribution in [0.15, 0.2) is 0 Å². The van der Waals surface area contributed by atoms with E-state index < -0.39 is 5.97 Å². The highest BCUT2D eigenvalue weighted by Crippen LogP contribution is 2.37. The van der Waals surface area contributed by atoms with E-state index in [4.69, 9.17) is 0 Å². The molecule has 2 aliphatic rings. The second-order valence-electron chi connectivity index (χ2n) is 7.09. The molecule has 0 saturated heterocycles. The van der Waals surface area contributed by atoms with E-state index in [0.717, 1.165) is 25.3 Å². The summed E-state index contributed by atoms with van der Waals surface area (Å²) in [6.45, 7) is 1.10. The quantitative estimate of drug-likeness (QED) is 0.772. The highest BCUT2D eigenvalue weighted by Gasteiger charge is 2.38. The number of carbonyl (C=O) groups is 1. The van der Waals surface area contributed by atoms with Crippen molar-refractivity contribution in [3.63, 3.8) is 0 Å². The van der Waals surface area contributed by atoms with Gasteiger partial charge in [0, 0.05) is 12.1 Å². The van der Waals surface area contributed by atoms with Crippen molar-refractivity contribution >= 4 is 5.97 Å². The summed E-state index contributed by atoms with van der Waals surface area (Å²) >= 11 is 0. The SMILES string of the molecule is CN(CC1CCCCCC1)C1(CC(=O)O)CCCCC1. The molecule has 0 bridgehead atoms. The summed E-state index contributed by atoms with van der Waals surface area (Å²) in [5, 5.41) is 9.30. The van der Waals surface area contributed by atoms with E-state index in [1.54, 1.807) is 0 Å². The molecule has 2 rings (SSSR count). The number of aliphatic carboxylic acids is 1. The Balaban J connectivity index is 1.97. The van der Waals surface area contributed by atoms with Crippen LogP contribution in [-0.2, 0) is 4.79 Å². The fraction of sp³-hybridized carbons (Fsp3) is 0.941. The Bertz CT molecular complexity index is 302. The molecule has 20 heavy (non-hydrogen) atoms. The van der Waals surface area contributed by atoms with Crippen LogP contribution < -0.4 is 0 Å². The first kappa shape index (κ1) is 15.8. The summed E-state index contributed by atoms with van der Waals surface area (Å²) < 4.78 is 0. The lowest BCUT2D eigenvalue weighted by Crippen LogP contribution is -2.51. The summed E-state index contributed by atoms with van der Waals surface area (Å²) in [6.07, 6.45) is 14.3. The van der Waals surface area contributed by atoms with Gasteiger partial charge < -0.3 is 5.11 Å². The highest BCUT2D eigenvalue weighted by molar-refractivity contribution is 5.68. The van der Waals surface area contributed by atoms with Gasteiger partial charge >= 0.3 is 5.97 Å². The predicted octanol–water partition coefficient (Wildman–Crippen LogP) is 4.07. The topological polar surface area (TPSA) is 40.5 Å². The zero-order valence-corrected chi connectivity index (χ0v) is 13.1. The van der Waals surface area contributed by atoms with Crippen LogP contribution in [0.5, 0.6) is 0 Å². The van der Waals surface area contributed by atoms with Gasteiger partial charge in [-0.2, -0.15) is 0 Å². The molecule has 0 aromatic rings. The molecule has 1 N–H and O–H groups in total. The maximum atomic E-state index is 11.3. The zero-order valence-electron chi connectivity index (χ0n) is 13.1. The smallest absolute Gasteiger partial charge is 0.305 e. The fourth-order valence-electron chi connectivity index (χ4n) is 4.31. The van der Waals surface area contributed by atoms with Crippen molar-refractivity contribution in [2.75, 3.05) is 13.6 Å². The van der Waals surface area contributed by atoms with Gasteiger partial charge in [0.1, 0.15) is 0 Å². The first-order valence-electron chi connectivity index (χ1n) is 8.55. The number of rotatable bonds is 5. The van der Waals surface area contributed by atoms with Crippen LogP contribution in [0.3, 0.4) is 0 Å². The summed E-state index contributed by atoms with van der Waals surface area (Å²) in [5.74, 6) is 0.162. The minimum Gasteiger partial charge on any atom is -0.481 e. The Morgan fingerprint density at radius 2 is 1.60 bits per heavy atom. The number of carboxylic acids is 1. The van der Waals surface area contributed by atoms with Crippen LogP contribution in [0.25, 0.3) is 0 Å². The Kier molecular flexibility index (Phi) is 5.88. The van der Waals surface area contributed by atoms with E-state index in [9.17, 15) is 9.90 Å². The molecule has 3 nitrogen and oxygen atoms in total. The van der Waals surface area contributed by atoms with E-state index >= 15 is 0 Å². The van der Waals surface area contributed by atoms with E-state index in [-0.39, 0.29) is 5.54 Å². The molecular formula is C17H31NO2. The van der Waals surface area contributed by atoms with Crippen molar-refractivity contribution in [3.05, 3.63) is 0 Å². The molecule has 0 spiro atoms. The van der Waals surface area contributed by atoms with Gasteiger partial charge in [-0.15, -0.1) is 0 Å². The second kappa shape index (κ2) is 7.44. The third-order valence-electron chi connectivity index (χ3n) is 5.58. The highest BCUT2D eigenvalue weighted by atomic mass is 16.4. The van der Waals surface area contributed by atoms with Crippen LogP contribution >= 0.6 is 0 Å². The van der Waals surface area contributed by atoms with Crippen LogP contribution in [-0.4, -0.2) is 35.1 Å². The minimum atomic E-state index is -0.625. The molecule has 0 atom stereocenters. The summed E-state index contributed by atoms with van der Waals surface area (Å²) in [7, 11) is 2.18. The van der Waals surface area contributed by atoms with Crippen LogP contribution in [0.2, 0.25) is 0 Å². The van der Waals surface area contributed by atoms with Gasteiger partial charge in [0.15, 0.2) is 0 Å². The number of carboxylic acid groups (broad SMARTS) is 1. The monoisotopic (exact) mass is 281 g/mol. The second-order valence-corrected chi connectivity index (χ2v) is 7.09. The maximum absolute atomic E-state index is 11.3. The minimum absolute atomic E-state index is 0.0591. The van der Waals surface area contributed by atoms with Gasteiger partial charge in [0.05, 0.1) is 6.42 Å². The standard InChI is InChI=1S/C17H31NO2/c1-18(14-15-9-5-2-3-6-10-15)17(13-16(19)20)11-7-4-8-12-17/h15H,2-14H2,1H3,(H,19,20). The predicted molar refractivity (Wildman–Crippen MR) is 81.9 cm³/mol. The number of hydrogen-bond donors (Lipinski definition) is 1. The third-order valence-corrected chi connectivity index (χ3v) is 5.58. The fourth-order valence-corrected chi connectivity index (χ4v) is 4.31. The third kappa shape index (κ3) is 4.21. The van der Waals surface area contributed by atoms with Gasteiger partial charge in [0.2, 0.25) is 0 Å². The average molecular weight is 281 g/mol. The Labute approximate surface area is 123 Å². The Hall–Kier alpha value is -0.570. The van der Waals surface area contributed by atoms with Crippen LogP contribution in [0.1, 0.15) is 77.0 Å². The van der Waals surface area contributed by atoms with E-state index in [2.05, 4.69) is 11.9 Å². The molecule has 0 aromatic carbocycles. The molecule has 2 saturated carbocycles. The lowest BCUT2D eigenvalue weighted by atomic mass is 9.77. The number of hydrogen-bond acceptors (Lipinski definition) is 2. The largest absolute Gasteiger partial charge is 0.481 e. The lowest BCUT2D eigenvalue weighted by molar-refractivity contribution is -0.141. The van der Waals surface area contributed by atoms with Crippen molar-refractivity contribution in [3.8, 4) is 0 Å². The van der Waals surface area contributed by atoms with Gasteiger partial charge in [-0.05, 0) is 38.6 Å². The van der Waals surface area contributed by atoms with Gasteiger partial charge in [-0.25, -0.2) is 0 Å². The summed E-state index contributed by atoms with van der Waals surface area (Å²) in [5.41, 5.74) is -0.0591. The number of nitrogens with zero attached hydrogens (tertiary/aromatic N) is 1. The normalized spacial score (nSPS) is 24.5. The first-order chi connectivity index (χ1) is 9.62. The molecule has 3 heteroatoms. The first-order valence-corrected chi connectivity index (χ1v) is 8.55. The molecule has 0 radical (unpaired) electrons. The lowest BCUT2D eigenvalue weighted by Gasteiger charge is -2.45. The van der Waals surface area contributed by atoms with E-state index in [1.165, 1.54) is 57.8 Å². The van der Waals surface area contributed by atoms with Crippen molar-refractivity contribution in [1.82, 2.24) is 4.90 Å². The van der Waals surface area contributed by atoms with Gasteiger partial charge in [0.25, 0.3) is 0 Å². The molecule has 0 aliphatic heterocycles. The van der Waals surface area contributed by atoms with Crippen LogP contribution in [0, 0.1) is 5.92 Å². The molecule has 2 aliphatic carbocycles. The van der Waals surface area contributed by atoms with Crippen molar-refractivity contribution in [2.24, 2.45) is 5.92 Å². The Morgan fingerprint density at radius 3 is 2.15 bits per heavy atom. The van der Waals surface area contributed by atoms with E-state index in [1.807, 2.05) is 0 Å². The van der Waals surface area contributed by atoms with Crippen molar-refractivity contribution < 1.29 is 9.90 Å². The van der Waals surface area contributed by atoms with Crippen molar-refractivity contribution in [2.45, 2.75) is 82.6 Å². The summed E-state index contributed by atoms with van der Waals surface area (Å²) in [4.78, 5) is 13.7.